The summed E-state index contributed by atoms with van der Waals surface area (Å²) in [7, 11) is 0. The molecule has 0 amide bonds. The molecule has 0 radical (unpaired) electrons. The highest BCUT2D eigenvalue weighted by Gasteiger charge is 2.28. The van der Waals surface area contributed by atoms with Crippen LogP contribution >= 0.6 is 0 Å². The van der Waals surface area contributed by atoms with Crippen molar-refractivity contribution in [2.24, 2.45) is 0 Å². The van der Waals surface area contributed by atoms with Crippen molar-refractivity contribution in [3.8, 4) is 55.6 Å². The van der Waals surface area contributed by atoms with Gasteiger partial charge in [-0.2, -0.15) is 0 Å². The number of fused-ring (bicyclic) bond motifs is 6. The molecule has 2 aliphatic carbocycles. The highest BCUT2D eigenvalue weighted by molar-refractivity contribution is 6.22. The van der Waals surface area contributed by atoms with Crippen molar-refractivity contribution in [1.29, 1.82) is 0 Å². The van der Waals surface area contributed by atoms with E-state index >= 15 is 0 Å². The molecule has 0 unspecified atom stereocenters. The molecule has 0 atom stereocenters. The van der Waals surface area contributed by atoms with Gasteiger partial charge in [0.15, 0.2) is 0 Å². The molecule has 0 aromatic heterocycles. The van der Waals surface area contributed by atoms with Crippen LogP contribution in [-0.4, -0.2) is 0 Å². The lowest BCUT2D eigenvalue weighted by Crippen LogP contribution is -1.88. The van der Waals surface area contributed by atoms with E-state index in [4.69, 9.17) is 0 Å². The minimum absolute atomic E-state index is 1.32. The van der Waals surface area contributed by atoms with E-state index in [0.29, 0.717) is 0 Å². The Morgan fingerprint density at radius 3 is 1.53 bits per heavy atom. The average Bonchev–Trinajstić information content (AvgIpc) is 3.37. The lowest BCUT2D eigenvalue weighted by atomic mass is 9.88. The third kappa shape index (κ3) is 1.89. The maximum atomic E-state index is 2.34. The summed E-state index contributed by atoms with van der Waals surface area (Å²) in [6.07, 6.45) is 0. The Bertz CT molecular complexity index is 1760. The molecule has 0 bridgehead atoms. The summed E-state index contributed by atoms with van der Waals surface area (Å²) < 4.78 is 0. The molecular formula is C32H18. The SMILES string of the molecule is c1ccc2c(c1)-c1cccc3ccc(-c4cccc5c4-c4cccc6cccc-5c46)c-2c13. The highest BCUT2D eigenvalue weighted by atomic mass is 14.3. The van der Waals surface area contributed by atoms with E-state index in [9.17, 15) is 0 Å². The van der Waals surface area contributed by atoms with Crippen LogP contribution in [0.2, 0.25) is 0 Å². The van der Waals surface area contributed by atoms with Gasteiger partial charge in [-0.3, -0.25) is 0 Å². The topological polar surface area (TPSA) is 0 Å². The minimum atomic E-state index is 1.32. The minimum Gasteiger partial charge on any atom is -0.0616 e. The van der Waals surface area contributed by atoms with Gasteiger partial charge >= 0.3 is 0 Å². The van der Waals surface area contributed by atoms with Crippen LogP contribution in [0, 0.1) is 0 Å². The van der Waals surface area contributed by atoms with Gasteiger partial charge in [-0.25, -0.2) is 0 Å². The summed E-state index contributed by atoms with van der Waals surface area (Å²) in [4.78, 5) is 0. The Hall–Kier alpha value is -4.16. The van der Waals surface area contributed by atoms with Gasteiger partial charge in [0.2, 0.25) is 0 Å². The van der Waals surface area contributed by atoms with E-state index in [0.717, 1.165) is 0 Å². The van der Waals surface area contributed by atoms with Crippen LogP contribution in [0.1, 0.15) is 0 Å². The van der Waals surface area contributed by atoms with E-state index in [2.05, 4.69) is 109 Å². The zero-order valence-corrected chi connectivity index (χ0v) is 17.4. The maximum Gasteiger partial charge on any atom is -0.00141 e. The third-order valence-corrected chi connectivity index (χ3v) is 7.35. The molecule has 6 aromatic rings. The Balaban J connectivity index is 1.53. The molecule has 0 aliphatic heterocycles. The molecule has 0 saturated carbocycles. The predicted octanol–water partition coefficient (Wildman–Crippen LogP) is 8.95. The van der Waals surface area contributed by atoms with Gasteiger partial charge in [0.1, 0.15) is 0 Å². The van der Waals surface area contributed by atoms with Crippen LogP contribution in [0.3, 0.4) is 0 Å². The van der Waals surface area contributed by atoms with Gasteiger partial charge in [-0.1, -0.05) is 109 Å². The lowest BCUT2D eigenvalue weighted by Gasteiger charge is -2.15. The molecule has 0 fully saturated rings. The smallest absolute Gasteiger partial charge is 0.00141 e. The molecule has 2 aliphatic rings. The molecule has 6 aromatic carbocycles. The summed E-state index contributed by atoms with van der Waals surface area (Å²) in [5.41, 5.74) is 13.5. The number of benzene rings is 6. The second-order valence-corrected chi connectivity index (χ2v) is 8.87. The molecule has 0 spiro atoms. The summed E-state index contributed by atoms with van der Waals surface area (Å²) >= 11 is 0. The first kappa shape index (κ1) is 16.5. The van der Waals surface area contributed by atoms with E-state index < -0.39 is 0 Å². The van der Waals surface area contributed by atoms with E-state index in [1.165, 1.54) is 77.2 Å². The number of hydrogen-bond donors (Lipinski definition) is 0. The van der Waals surface area contributed by atoms with Gasteiger partial charge in [-0.05, 0) is 77.2 Å². The molecule has 0 N–H and O–H groups in total. The number of rotatable bonds is 1. The van der Waals surface area contributed by atoms with E-state index in [1.54, 1.807) is 0 Å². The average molecular weight is 402 g/mol. The van der Waals surface area contributed by atoms with Crippen molar-refractivity contribution in [2.75, 3.05) is 0 Å². The van der Waals surface area contributed by atoms with Crippen molar-refractivity contribution in [1.82, 2.24) is 0 Å². The van der Waals surface area contributed by atoms with Crippen LogP contribution < -0.4 is 0 Å². The summed E-state index contributed by atoms with van der Waals surface area (Å²) in [6, 6.07) is 40.4. The molecule has 146 valence electrons. The Labute approximate surface area is 186 Å². The van der Waals surface area contributed by atoms with Crippen molar-refractivity contribution >= 4 is 21.5 Å². The Morgan fingerprint density at radius 1 is 0.250 bits per heavy atom. The molecule has 32 heavy (non-hydrogen) atoms. The fraction of sp³-hybridized carbons (Fsp3) is 0. The van der Waals surface area contributed by atoms with Crippen LogP contribution in [0.5, 0.6) is 0 Å². The molecule has 0 saturated heterocycles. The number of hydrogen-bond acceptors (Lipinski definition) is 0. The van der Waals surface area contributed by atoms with Gasteiger partial charge < -0.3 is 0 Å². The molecule has 8 rings (SSSR count). The quantitative estimate of drug-likeness (QED) is 0.257. The third-order valence-electron chi connectivity index (χ3n) is 7.35. The van der Waals surface area contributed by atoms with Gasteiger partial charge in [0, 0.05) is 0 Å². The largest absolute Gasteiger partial charge is 0.0616 e. The molecule has 0 heterocycles. The van der Waals surface area contributed by atoms with Crippen LogP contribution in [-0.2, 0) is 0 Å². The van der Waals surface area contributed by atoms with Gasteiger partial charge in [0.05, 0.1) is 0 Å². The Morgan fingerprint density at radius 2 is 0.750 bits per heavy atom. The fourth-order valence-corrected chi connectivity index (χ4v) is 6.11. The van der Waals surface area contributed by atoms with Crippen molar-refractivity contribution in [3.63, 3.8) is 0 Å². The Kier molecular flexibility index (Phi) is 2.97. The first-order chi connectivity index (χ1) is 15.9. The zero-order chi connectivity index (χ0) is 20.8. The normalized spacial score (nSPS) is 12.4. The maximum absolute atomic E-state index is 2.34. The molecule has 0 heteroatoms. The van der Waals surface area contributed by atoms with Crippen molar-refractivity contribution < 1.29 is 0 Å². The summed E-state index contributed by atoms with van der Waals surface area (Å²) in [6.45, 7) is 0. The van der Waals surface area contributed by atoms with E-state index in [-0.39, 0.29) is 0 Å². The van der Waals surface area contributed by atoms with Crippen LogP contribution in [0.15, 0.2) is 109 Å². The van der Waals surface area contributed by atoms with Crippen LogP contribution in [0.25, 0.3) is 77.2 Å². The summed E-state index contributed by atoms with van der Waals surface area (Å²) in [5.74, 6) is 0. The van der Waals surface area contributed by atoms with Crippen LogP contribution in [0.4, 0.5) is 0 Å². The second kappa shape index (κ2) is 5.75. The van der Waals surface area contributed by atoms with Gasteiger partial charge in [0.25, 0.3) is 0 Å². The van der Waals surface area contributed by atoms with E-state index in [1.807, 2.05) is 0 Å². The summed E-state index contributed by atoms with van der Waals surface area (Å²) in [5, 5.41) is 5.40. The fourth-order valence-electron chi connectivity index (χ4n) is 6.11. The molecule has 0 nitrogen and oxygen atoms in total. The first-order valence-electron chi connectivity index (χ1n) is 11.2. The highest BCUT2D eigenvalue weighted by Crippen LogP contribution is 2.55. The molecular weight excluding hydrogens is 384 g/mol. The predicted molar refractivity (Wildman–Crippen MR) is 136 cm³/mol. The van der Waals surface area contributed by atoms with Gasteiger partial charge in [-0.15, -0.1) is 0 Å². The lowest BCUT2D eigenvalue weighted by molar-refractivity contribution is 1.63. The first-order valence-corrected chi connectivity index (χ1v) is 11.2. The van der Waals surface area contributed by atoms with Crippen molar-refractivity contribution in [3.05, 3.63) is 109 Å². The monoisotopic (exact) mass is 402 g/mol. The van der Waals surface area contributed by atoms with Crippen molar-refractivity contribution in [2.45, 2.75) is 0 Å². The second-order valence-electron chi connectivity index (χ2n) is 8.87. The zero-order valence-electron chi connectivity index (χ0n) is 17.4. The standard InChI is InChI=1S/C32H18/c1-2-11-23-21(10-1)22-12-4-9-20-17-18-27(32(23)30(20)22)26-15-6-14-25-24-13-3-7-19-8-5-16-28(29(19)24)31(25)26/h1-18H.